The van der Waals surface area contributed by atoms with Gasteiger partial charge in [0.15, 0.2) is 5.03 Å². The largest absolute Gasteiger partial charge is 0.444 e. The Morgan fingerprint density at radius 3 is 2.47 bits per heavy atom. The van der Waals surface area contributed by atoms with Crippen molar-refractivity contribution in [1.29, 1.82) is 0 Å². The molecule has 34 heavy (non-hydrogen) atoms. The van der Waals surface area contributed by atoms with Crippen LogP contribution < -0.4 is 16.4 Å². The number of hydrogen-bond donors (Lipinski definition) is 3. The van der Waals surface area contributed by atoms with Crippen LogP contribution in [0.25, 0.3) is 0 Å². The van der Waals surface area contributed by atoms with Gasteiger partial charge in [-0.1, -0.05) is 0 Å². The summed E-state index contributed by atoms with van der Waals surface area (Å²) in [5.41, 5.74) is 4.48. The van der Waals surface area contributed by atoms with E-state index in [0.717, 1.165) is 25.7 Å². The molecule has 0 aromatic carbocycles. The highest BCUT2D eigenvalue weighted by atomic mass is 16.7. The second-order valence-corrected chi connectivity index (χ2v) is 10.4. The number of likely N-dealkylation sites (tertiary alicyclic amines) is 1. The third kappa shape index (κ3) is 12.6. The highest BCUT2D eigenvalue weighted by molar-refractivity contribution is 5.86. The molecule has 1 heterocycles. The lowest BCUT2D eigenvalue weighted by molar-refractivity contribution is -0.485. The van der Waals surface area contributed by atoms with Crippen LogP contribution in [0.3, 0.4) is 0 Å². The average Bonchev–Trinajstić information content (AvgIpc) is 2.67. The molecular formula is C22H42N6O6. The Morgan fingerprint density at radius 2 is 1.88 bits per heavy atom. The Labute approximate surface area is 202 Å². The number of nitrogens with one attached hydrogen (secondary N) is 2. The van der Waals surface area contributed by atoms with Gasteiger partial charge in [-0.2, -0.15) is 0 Å². The first kappa shape index (κ1) is 29.4. The van der Waals surface area contributed by atoms with E-state index in [1.54, 1.807) is 20.8 Å². The second-order valence-electron chi connectivity index (χ2n) is 10.4. The molecule has 196 valence electrons. The van der Waals surface area contributed by atoms with Gasteiger partial charge in [-0.25, -0.2) is 14.9 Å². The number of nitro groups is 1. The van der Waals surface area contributed by atoms with Gasteiger partial charge in [0.2, 0.25) is 5.91 Å². The number of guanidine groups is 1. The zero-order valence-corrected chi connectivity index (χ0v) is 21.4. The van der Waals surface area contributed by atoms with Crippen molar-refractivity contribution in [3.05, 3.63) is 10.1 Å². The van der Waals surface area contributed by atoms with Crippen molar-refractivity contribution >= 4 is 18.0 Å². The number of alkyl carbamates (subject to hydrolysis) is 1. The summed E-state index contributed by atoms with van der Waals surface area (Å²) < 4.78 is 11.2. The first-order chi connectivity index (χ1) is 15.7. The summed E-state index contributed by atoms with van der Waals surface area (Å²) in [6.45, 7) is 12.7. The number of carbonyl (C=O) groups is 2. The van der Waals surface area contributed by atoms with E-state index in [4.69, 9.17) is 15.2 Å². The van der Waals surface area contributed by atoms with Crippen LogP contribution in [0.15, 0.2) is 5.10 Å². The Morgan fingerprint density at radius 1 is 1.21 bits per heavy atom. The summed E-state index contributed by atoms with van der Waals surface area (Å²) >= 11 is 0. The van der Waals surface area contributed by atoms with Crippen LogP contribution in [0.5, 0.6) is 0 Å². The molecule has 0 spiro atoms. The summed E-state index contributed by atoms with van der Waals surface area (Å²) in [7, 11) is 0. The molecule has 2 atom stereocenters. The highest BCUT2D eigenvalue weighted by Crippen LogP contribution is 2.22. The summed E-state index contributed by atoms with van der Waals surface area (Å²) in [4.78, 5) is 38.2. The fourth-order valence-corrected chi connectivity index (χ4v) is 3.65. The van der Waals surface area contributed by atoms with Crippen molar-refractivity contribution in [3.63, 3.8) is 0 Å². The molecule has 0 unspecified atom stereocenters. The quantitative estimate of drug-likeness (QED) is 0.139. The van der Waals surface area contributed by atoms with E-state index in [2.05, 4.69) is 15.7 Å². The second kappa shape index (κ2) is 13.3. The SMILES string of the molecule is CC(C)(C)OCC[C@@H]1CCCCN1C(=O)[C@H](CCCN/C(N)=N/[N+](=O)[O-])NC(=O)OC(C)(C)C. The van der Waals surface area contributed by atoms with Gasteiger partial charge in [0.05, 0.1) is 5.60 Å². The minimum absolute atomic E-state index is 0.0348. The standard InChI is InChI=1S/C22H42N6O6/c1-21(2,3)33-15-12-16-10-7-8-14-27(16)18(29)17(25-20(30)34-22(4,5)6)11-9-13-24-19(23)26-28(31)32/h16-17H,7-15H2,1-6H3,(H,25,30)(H3,23,24,26)/t16-,17-/m0/s1. The summed E-state index contributed by atoms with van der Waals surface area (Å²) in [5, 5.41) is 17.8. The molecule has 0 bridgehead atoms. The van der Waals surface area contributed by atoms with E-state index in [1.807, 2.05) is 25.7 Å². The first-order valence-electron chi connectivity index (χ1n) is 11.8. The van der Waals surface area contributed by atoms with Crippen molar-refractivity contribution in [2.45, 2.75) is 103 Å². The lowest BCUT2D eigenvalue weighted by atomic mass is 9.97. The molecule has 12 nitrogen and oxygen atoms in total. The van der Waals surface area contributed by atoms with Crippen LogP contribution >= 0.6 is 0 Å². The van der Waals surface area contributed by atoms with E-state index in [0.29, 0.717) is 26.0 Å². The van der Waals surface area contributed by atoms with E-state index in [-0.39, 0.29) is 30.1 Å². The molecule has 1 aliphatic heterocycles. The third-order valence-electron chi connectivity index (χ3n) is 5.05. The average molecular weight is 487 g/mol. The number of carbonyl (C=O) groups excluding carboxylic acids is 2. The monoisotopic (exact) mass is 486 g/mol. The summed E-state index contributed by atoms with van der Waals surface area (Å²) in [6, 6.07) is -0.762. The Hall–Kier alpha value is -2.63. The van der Waals surface area contributed by atoms with Crippen molar-refractivity contribution in [1.82, 2.24) is 15.5 Å². The fourth-order valence-electron chi connectivity index (χ4n) is 3.65. The number of nitrogens with two attached hydrogens (primary N) is 1. The van der Waals surface area contributed by atoms with Crippen LogP contribution in [-0.4, -0.2) is 70.9 Å². The van der Waals surface area contributed by atoms with Gasteiger partial charge >= 0.3 is 6.09 Å². The molecule has 0 saturated carbocycles. The Bertz CT molecular complexity index is 716. The maximum atomic E-state index is 13.5. The highest BCUT2D eigenvalue weighted by Gasteiger charge is 2.33. The molecule has 12 heteroatoms. The lowest BCUT2D eigenvalue weighted by Gasteiger charge is -2.38. The first-order valence-corrected chi connectivity index (χ1v) is 11.8. The molecule has 1 rings (SSSR count). The predicted octanol–water partition coefficient (Wildman–Crippen LogP) is 2.34. The van der Waals surface area contributed by atoms with Crippen molar-refractivity contribution in [2.24, 2.45) is 10.8 Å². The number of hydrazone groups is 1. The van der Waals surface area contributed by atoms with Gasteiger partial charge in [-0.3, -0.25) is 4.79 Å². The summed E-state index contributed by atoms with van der Waals surface area (Å²) in [6.07, 6.45) is 3.60. The number of hydrogen-bond acceptors (Lipinski definition) is 6. The van der Waals surface area contributed by atoms with E-state index in [9.17, 15) is 19.7 Å². The van der Waals surface area contributed by atoms with Gasteiger partial charge in [-0.05, 0) is 80.1 Å². The molecule has 0 radical (unpaired) electrons. The number of ether oxygens (including phenoxy) is 2. The van der Waals surface area contributed by atoms with Crippen molar-refractivity contribution < 1.29 is 24.1 Å². The van der Waals surface area contributed by atoms with Crippen LogP contribution in [0, 0.1) is 10.1 Å². The molecule has 1 saturated heterocycles. The maximum Gasteiger partial charge on any atom is 0.408 e. The van der Waals surface area contributed by atoms with Crippen LogP contribution in [0.2, 0.25) is 0 Å². The molecule has 4 N–H and O–H groups in total. The Balaban J connectivity index is 2.84. The number of piperidine rings is 1. The normalized spacial score (nSPS) is 18.2. The molecule has 0 aromatic rings. The van der Waals surface area contributed by atoms with Gasteiger partial charge in [0.25, 0.3) is 5.96 Å². The fraction of sp³-hybridized carbons (Fsp3) is 0.864. The van der Waals surface area contributed by atoms with E-state index >= 15 is 0 Å². The zero-order chi connectivity index (χ0) is 25.9. The molecule has 1 aliphatic rings. The zero-order valence-electron chi connectivity index (χ0n) is 21.4. The predicted molar refractivity (Wildman–Crippen MR) is 129 cm³/mol. The van der Waals surface area contributed by atoms with Gasteiger partial charge in [-0.15, -0.1) is 0 Å². The topological polar surface area (TPSA) is 161 Å². The smallest absolute Gasteiger partial charge is 0.408 e. The third-order valence-corrected chi connectivity index (χ3v) is 5.05. The van der Waals surface area contributed by atoms with Gasteiger partial charge in [0, 0.05) is 25.7 Å². The number of nitrogens with zero attached hydrogens (tertiary/aromatic N) is 3. The number of amides is 2. The molecule has 2 amide bonds. The Kier molecular flexibility index (Phi) is 11.5. The van der Waals surface area contributed by atoms with Crippen LogP contribution in [0.1, 0.15) is 80.1 Å². The van der Waals surface area contributed by atoms with Gasteiger partial charge in [0.1, 0.15) is 16.7 Å². The van der Waals surface area contributed by atoms with Crippen molar-refractivity contribution in [2.75, 3.05) is 19.7 Å². The van der Waals surface area contributed by atoms with Crippen molar-refractivity contribution in [3.8, 4) is 0 Å². The maximum absolute atomic E-state index is 13.5. The molecular weight excluding hydrogens is 444 g/mol. The lowest BCUT2D eigenvalue weighted by Crippen LogP contribution is -2.54. The molecule has 1 fully saturated rings. The van der Waals surface area contributed by atoms with Crippen LogP contribution in [-0.2, 0) is 14.3 Å². The minimum Gasteiger partial charge on any atom is -0.444 e. The van der Waals surface area contributed by atoms with Crippen LogP contribution in [0.4, 0.5) is 4.79 Å². The molecule has 0 aliphatic carbocycles. The van der Waals surface area contributed by atoms with Gasteiger partial charge < -0.3 is 30.7 Å². The minimum atomic E-state index is -0.890. The van der Waals surface area contributed by atoms with E-state index < -0.39 is 22.8 Å². The summed E-state index contributed by atoms with van der Waals surface area (Å²) in [5.74, 6) is -0.485. The molecule has 0 aromatic heterocycles. The van der Waals surface area contributed by atoms with E-state index in [1.165, 1.54) is 0 Å². The number of rotatable bonds is 10.